The topological polar surface area (TPSA) is 59.3 Å². The Labute approximate surface area is 166 Å². The van der Waals surface area contributed by atoms with Gasteiger partial charge in [-0.15, -0.1) is 0 Å². The van der Waals surface area contributed by atoms with Gasteiger partial charge in [0, 0.05) is 41.6 Å². The van der Waals surface area contributed by atoms with Crippen molar-refractivity contribution >= 4 is 34.3 Å². The number of benzene rings is 1. The van der Waals surface area contributed by atoms with Gasteiger partial charge >= 0.3 is 5.97 Å². The monoisotopic (exact) mass is 391 g/mol. The minimum atomic E-state index is -0.867. The fourth-order valence-corrected chi connectivity index (χ4v) is 3.87. The van der Waals surface area contributed by atoms with Gasteiger partial charge in [0.25, 0.3) is 0 Å². The number of ketones is 1. The summed E-state index contributed by atoms with van der Waals surface area (Å²) in [5.74, 6) is -0.356. The smallest absolute Gasteiger partial charge is 0.303 e. The lowest BCUT2D eigenvalue weighted by Gasteiger charge is -2.11. The Morgan fingerprint density at radius 3 is 2.48 bits per heavy atom. The second kappa shape index (κ2) is 9.41. The molecule has 0 aliphatic carbocycles. The number of nitrogens with zero attached hydrogens (tertiary/aromatic N) is 1. The van der Waals surface area contributed by atoms with Crippen LogP contribution in [0.15, 0.2) is 18.2 Å². The van der Waals surface area contributed by atoms with Crippen LogP contribution in [-0.2, 0) is 18.3 Å². The molecule has 148 valence electrons. The summed E-state index contributed by atoms with van der Waals surface area (Å²) in [5, 5.41) is 10.5. The highest BCUT2D eigenvalue weighted by atomic mass is 35.5. The summed E-state index contributed by atoms with van der Waals surface area (Å²) in [5.41, 5.74) is 2.73. The number of unbranched alkanes of at least 4 members (excludes halogenated alkanes) is 1. The van der Waals surface area contributed by atoms with Gasteiger partial charge in [-0.25, -0.2) is 0 Å². The summed E-state index contributed by atoms with van der Waals surface area (Å²) < 4.78 is 2.08. The predicted octanol–water partition coefficient (Wildman–Crippen LogP) is 5.88. The normalized spacial score (nSPS) is 12.7. The molecule has 0 radical (unpaired) electrons. The van der Waals surface area contributed by atoms with Gasteiger partial charge in [-0.3, -0.25) is 9.59 Å². The maximum absolute atomic E-state index is 13.1. The lowest BCUT2D eigenvalue weighted by Crippen LogP contribution is -2.12. The first-order chi connectivity index (χ1) is 12.7. The van der Waals surface area contributed by atoms with E-state index in [0.717, 1.165) is 41.4 Å². The molecule has 0 fully saturated rings. The first kappa shape index (κ1) is 21.5. The third kappa shape index (κ3) is 5.58. The van der Waals surface area contributed by atoms with Crippen LogP contribution in [0.5, 0.6) is 0 Å². The van der Waals surface area contributed by atoms with Crippen molar-refractivity contribution in [3.63, 3.8) is 0 Å². The van der Waals surface area contributed by atoms with Crippen molar-refractivity contribution in [1.82, 2.24) is 4.57 Å². The third-order valence-electron chi connectivity index (χ3n) is 5.06. The molecule has 2 rings (SSSR count). The van der Waals surface area contributed by atoms with Crippen LogP contribution in [0.1, 0.15) is 68.9 Å². The standard InChI is InChI=1S/C22H30ClNO3/c1-14(2)7-5-6-8-18-22(20(25)11-15(3)12-21(26)27)17-10-9-16(23)13-19(17)24(18)4/h9-10,13-15H,5-8,11-12H2,1-4H3,(H,26,27). The number of carboxylic acid groups (broad SMARTS) is 1. The van der Waals surface area contributed by atoms with Gasteiger partial charge in [-0.2, -0.15) is 0 Å². The molecule has 0 aliphatic rings. The van der Waals surface area contributed by atoms with Crippen molar-refractivity contribution in [3.8, 4) is 0 Å². The molecule has 0 spiro atoms. The van der Waals surface area contributed by atoms with Crippen LogP contribution < -0.4 is 0 Å². The Hall–Kier alpha value is -1.81. The zero-order valence-electron chi connectivity index (χ0n) is 16.7. The van der Waals surface area contributed by atoms with Crippen molar-refractivity contribution in [1.29, 1.82) is 0 Å². The highest BCUT2D eigenvalue weighted by molar-refractivity contribution is 6.31. The summed E-state index contributed by atoms with van der Waals surface area (Å²) in [4.78, 5) is 24.0. The number of aryl methyl sites for hydroxylation is 1. The Balaban J connectivity index is 2.34. The maximum Gasteiger partial charge on any atom is 0.303 e. The zero-order valence-corrected chi connectivity index (χ0v) is 17.5. The van der Waals surface area contributed by atoms with Crippen molar-refractivity contribution in [2.75, 3.05) is 0 Å². The van der Waals surface area contributed by atoms with Crippen molar-refractivity contribution in [2.24, 2.45) is 18.9 Å². The number of fused-ring (bicyclic) bond motifs is 1. The van der Waals surface area contributed by atoms with Gasteiger partial charge in [0.1, 0.15) is 0 Å². The van der Waals surface area contributed by atoms with E-state index in [9.17, 15) is 9.59 Å². The van der Waals surface area contributed by atoms with Gasteiger partial charge in [-0.1, -0.05) is 51.3 Å². The van der Waals surface area contributed by atoms with Crippen LogP contribution in [0.4, 0.5) is 0 Å². The molecule has 0 aliphatic heterocycles. The van der Waals surface area contributed by atoms with Gasteiger partial charge in [-0.05, 0) is 36.8 Å². The molecule has 27 heavy (non-hydrogen) atoms. The molecule has 1 atom stereocenters. The fourth-order valence-electron chi connectivity index (χ4n) is 3.70. The number of aromatic nitrogens is 1. The fraction of sp³-hybridized carbons (Fsp3) is 0.545. The van der Waals surface area contributed by atoms with E-state index in [1.54, 1.807) is 0 Å². The minimum Gasteiger partial charge on any atom is -0.481 e. The average molecular weight is 392 g/mol. The predicted molar refractivity (Wildman–Crippen MR) is 111 cm³/mol. The molecule has 0 saturated heterocycles. The molecule has 1 aromatic carbocycles. The first-order valence-corrected chi connectivity index (χ1v) is 10.1. The Bertz CT molecular complexity index is 823. The molecule has 5 heteroatoms. The maximum atomic E-state index is 13.1. The number of carboxylic acids is 1. The van der Waals surface area contributed by atoms with Crippen LogP contribution in [-0.4, -0.2) is 21.4 Å². The molecular formula is C22H30ClNO3. The molecule has 1 heterocycles. The van der Waals surface area contributed by atoms with Gasteiger partial charge < -0.3 is 9.67 Å². The van der Waals surface area contributed by atoms with Gasteiger partial charge in [0.05, 0.1) is 5.52 Å². The number of halogens is 1. The van der Waals surface area contributed by atoms with E-state index in [4.69, 9.17) is 16.7 Å². The first-order valence-electron chi connectivity index (χ1n) is 9.72. The lowest BCUT2D eigenvalue weighted by molar-refractivity contribution is -0.137. The van der Waals surface area contributed by atoms with E-state index in [0.29, 0.717) is 10.9 Å². The van der Waals surface area contributed by atoms with Gasteiger partial charge in [0.15, 0.2) is 5.78 Å². The van der Waals surface area contributed by atoms with Crippen LogP contribution in [0.2, 0.25) is 5.02 Å². The van der Waals surface area contributed by atoms with E-state index in [1.165, 1.54) is 6.42 Å². The number of carbonyl (C=O) groups excluding carboxylic acids is 1. The molecule has 0 bridgehead atoms. The molecule has 0 saturated carbocycles. The number of hydrogen-bond donors (Lipinski definition) is 1. The number of aliphatic carboxylic acids is 1. The summed E-state index contributed by atoms with van der Waals surface area (Å²) >= 11 is 6.17. The van der Waals surface area contributed by atoms with E-state index < -0.39 is 5.97 Å². The second-order valence-electron chi connectivity index (χ2n) is 8.01. The van der Waals surface area contributed by atoms with E-state index in [-0.39, 0.29) is 24.5 Å². The Morgan fingerprint density at radius 2 is 1.85 bits per heavy atom. The highest BCUT2D eigenvalue weighted by Gasteiger charge is 2.23. The quantitative estimate of drug-likeness (QED) is 0.406. The van der Waals surface area contributed by atoms with Crippen LogP contribution >= 0.6 is 11.6 Å². The van der Waals surface area contributed by atoms with E-state index in [1.807, 2.05) is 32.2 Å². The summed E-state index contributed by atoms with van der Waals surface area (Å²) in [7, 11) is 1.98. The zero-order chi connectivity index (χ0) is 20.1. The summed E-state index contributed by atoms with van der Waals surface area (Å²) in [6.45, 7) is 6.26. The summed E-state index contributed by atoms with van der Waals surface area (Å²) in [6.07, 6.45) is 4.42. The number of hydrogen-bond acceptors (Lipinski definition) is 2. The largest absolute Gasteiger partial charge is 0.481 e. The third-order valence-corrected chi connectivity index (χ3v) is 5.30. The second-order valence-corrected chi connectivity index (χ2v) is 8.45. The number of rotatable bonds is 10. The molecule has 1 unspecified atom stereocenters. The molecule has 0 amide bonds. The molecular weight excluding hydrogens is 362 g/mol. The minimum absolute atomic E-state index is 0.00601. The van der Waals surface area contributed by atoms with Crippen molar-refractivity contribution in [2.45, 2.75) is 59.3 Å². The van der Waals surface area contributed by atoms with Crippen LogP contribution in [0, 0.1) is 11.8 Å². The highest BCUT2D eigenvalue weighted by Crippen LogP contribution is 2.31. The van der Waals surface area contributed by atoms with E-state index in [2.05, 4.69) is 18.4 Å². The lowest BCUT2D eigenvalue weighted by atomic mass is 9.94. The Kier molecular flexibility index (Phi) is 7.49. The number of Topliss-reactive ketones (excluding diaryl/α,β-unsaturated/α-hetero) is 1. The Morgan fingerprint density at radius 1 is 1.15 bits per heavy atom. The molecule has 1 aromatic heterocycles. The SMILES string of the molecule is CC(C)CCCCc1c(C(=O)CC(C)CC(=O)O)c2ccc(Cl)cc2n1C. The molecule has 4 nitrogen and oxygen atoms in total. The van der Waals surface area contributed by atoms with E-state index >= 15 is 0 Å². The number of carbonyl (C=O) groups is 2. The van der Waals surface area contributed by atoms with Crippen molar-refractivity contribution in [3.05, 3.63) is 34.5 Å². The summed E-state index contributed by atoms with van der Waals surface area (Å²) in [6, 6.07) is 5.61. The van der Waals surface area contributed by atoms with Crippen molar-refractivity contribution < 1.29 is 14.7 Å². The average Bonchev–Trinajstić information content (AvgIpc) is 2.82. The van der Waals surface area contributed by atoms with Crippen LogP contribution in [0.3, 0.4) is 0 Å². The van der Waals surface area contributed by atoms with Crippen LogP contribution in [0.25, 0.3) is 10.9 Å². The van der Waals surface area contributed by atoms with Gasteiger partial charge in [0.2, 0.25) is 0 Å². The molecule has 2 aromatic rings. The molecule has 1 N–H and O–H groups in total.